The Bertz CT molecular complexity index is 817. The van der Waals surface area contributed by atoms with Gasteiger partial charge in [-0.05, 0) is 18.2 Å². The van der Waals surface area contributed by atoms with Crippen molar-refractivity contribution in [3.63, 3.8) is 0 Å². The minimum absolute atomic E-state index is 0.0223. The number of carbonyl (C=O) groups is 2. The van der Waals surface area contributed by atoms with Crippen LogP contribution in [0, 0.1) is 23.3 Å². The molecule has 24 heavy (non-hydrogen) atoms. The van der Waals surface area contributed by atoms with Crippen LogP contribution < -0.4 is 5.32 Å². The summed E-state index contributed by atoms with van der Waals surface area (Å²) in [7, 11) is 0. The maximum absolute atomic E-state index is 13.4. The van der Waals surface area contributed by atoms with E-state index in [0.717, 1.165) is 0 Å². The standard InChI is InChI=1S/C14H7ClF4N2O3/c15-13-8(2-1-3-20-13)21-9(22)5-24-14(23)6-4-7(16)11(18)12(19)10(6)17/h1-4H,5H2,(H,21,22). The second-order valence-electron chi connectivity index (χ2n) is 4.31. The van der Waals surface area contributed by atoms with E-state index in [-0.39, 0.29) is 16.9 Å². The van der Waals surface area contributed by atoms with Gasteiger partial charge in [0.25, 0.3) is 5.91 Å². The van der Waals surface area contributed by atoms with Crippen molar-refractivity contribution < 1.29 is 31.9 Å². The number of amides is 1. The van der Waals surface area contributed by atoms with E-state index < -0.39 is 47.3 Å². The Labute approximate surface area is 137 Å². The molecule has 5 nitrogen and oxygen atoms in total. The molecule has 0 bridgehead atoms. The number of benzene rings is 1. The van der Waals surface area contributed by atoms with Gasteiger partial charge < -0.3 is 10.1 Å². The minimum Gasteiger partial charge on any atom is -0.452 e. The number of halogens is 5. The van der Waals surface area contributed by atoms with Gasteiger partial charge in [0.2, 0.25) is 0 Å². The normalized spacial score (nSPS) is 10.4. The predicted molar refractivity (Wildman–Crippen MR) is 74.4 cm³/mol. The maximum Gasteiger partial charge on any atom is 0.341 e. The van der Waals surface area contributed by atoms with Crippen LogP contribution in [0.5, 0.6) is 0 Å². The summed E-state index contributed by atoms with van der Waals surface area (Å²) < 4.78 is 56.7. The second kappa shape index (κ2) is 7.26. The molecule has 0 saturated carbocycles. The highest BCUT2D eigenvalue weighted by atomic mass is 35.5. The highest BCUT2D eigenvalue weighted by molar-refractivity contribution is 6.32. The first-order valence-corrected chi connectivity index (χ1v) is 6.59. The fraction of sp³-hybridized carbons (Fsp3) is 0.0714. The van der Waals surface area contributed by atoms with Crippen LogP contribution in [0.4, 0.5) is 23.2 Å². The van der Waals surface area contributed by atoms with Gasteiger partial charge in [-0.2, -0.15) is 0 Å². The molecule has 2 rings (SSSR count). The molecule has 1 N–H and O–H groups in total. The molecule has 0 atom stereocenters. The molecular weight excluding hydrogens is 356 g/mol. The summed E-state index contributed by atoms with van der Waals surface area (Å²) in [5.74, 6) is -10.3. The maximum atomic E-state index is 13.4. The summed E-state index contributed by atoms with van der Waals surface area (Å²) in [4.78, 5) is 26.9. The summed E-state index contributed by atoms with van der Waals surface area (Å²) in [6.45, 7) is -0.899. The molecule has 2 aromatic rings. The van der Waals surface area contributed by atoms with Crippen molar-refractivity contribution in [2.75, 3.05) is 11.9 Å². The summed E-state index contributed by atoms with van der Waals surface area (Å²) in [5.41, 5.74) is -1.05. The zero-order valence-electron chi connectivity index (χ0n) is 11.6. The predicted octanol–water partition coefficient (Wildman–Crippen LogP) is 3.09. The summed E-state index contributed by atoms with van der Waals surface area (Å²) in [6, 6.07) is 3.03. The number of ether oxygens (including phenoxy) is 1. The number of aromatic nitrogens is 1. The van der Waals surface area contributed by atoms with Crippen molar-refractivity contribution in [1.82, 2.24) is 4.98 Å². The van der Waals surface area contributed by atoms with Gasteiger partial charge in [-0.3, -0.25) is 4.79 Å². The molecule has 126 valence electrons. The fourth-order valence-electron chi connectivity index (χ4n) is 1.60. The molecule has 0 fully saturated rings. The minimum atomic E-state index is -2.16. The van der Waals surface area contributed by atoms with E-state index in [1.807, 2.05) is 0 Å². The van der Waals surface area contributed by atoms with Crippen LogP contribution in [0.25, 0.3) is 0 Å². The van der Waals surface area contributed by atoms with Gasteiger partial charge in [0, 0.05) is 6.20 Å². The number of nitrogens with one attached hydrogen (secondary N) is 1. The molecule has 1 amide bonds. The van der Waals surface area contributed by atoms with E-state index in [1.165, 1.54) is 18.3 Å². The van der Waals surface area contributed by atoms with Crippen LogP contribution in [0.15, 0.2) is 24.4 Å². The summed E-state index contributed by atoms with van der Waals surface area (Å²) in [5, 5.41) is 2.23. The van der Waals surface area contributed by atoms with Gasteiger partial charge in [-0.25, -0.2) is 27.3 Å². The number of rotatable bonds is 4. The molecule has 1 aromatic carbocycles. The first kappa shape index (κ1) is 17.7. The molecule has 0 spiro atoms. The molecule has 0 saturated heterocycles. The largest absolute Gasteiger partial charge is 0.452 e. The quantitative estimate of drug-likeness (QED) is 0.298. The SMILES string of the molecule is O=C(COC(=O)c1cc(F)c(F)c(F)c1F)Nc1cccnc1Cl. The van der Waals surface area contributed by atoms with Gasteiger partial charge in [0.1, 0.15) is 5.56 Å². The van der Waals surface area contributed by atoms with Gasteiger partial charge in [-0.15, -0.1) is 0 Å². The number of carbonyl (C=O) groups excluding carboxylic acids is 2. The van der Waals surface area contributed by atoms with Crippen molar-refractivity contribution in [3.05, 3.63) is 58.4 Å². The first-order valence-electron chi connectivity index (χ1n) is 6.21. The number of hydrogen-bond acceptors (Lipinski definition) is 4. The van der Waals surface area contributed by atoms with Gasteiger partial charge >= 0.3 is 5.97 Å². The molecule has 0 aliphatic carbocycles. The van der Waals surface area contributed by atoms with Crippen LogP contribution in [0.3, 0.4) is 0 Å². The first-order chi connectivity index (χ1) is 11.3. The Morgan fingerprint density at radius 3 is 2.54 bits per heavy atom. The van der Waals surface area contributed by atoms with Crippen LogP contribution in [0.2, 0.25) is 5.15 Å². The zero-order chi connectivity index (χ0) is 17.9. The van der Waals surface area contributed by atoms with E-state index in [1.54, 1.807) is 0 Å². The summed E-state index contributed by atoms with van der Waals surface area (Å²) >= 11 is 5.70. The monoisotopic (exact) mass is 362 g/mol. The number of hydrogen-bond donors (Lipinski definition) is 1. The van der Waals surface area contributed by atoms with Gasteiger partial charge in [-0.1, -0.05) is 11.6 Å². The Balaban J connectivity index is 2.04. The Hall–Kier alpha value is -2.68. The van der Waals surface area contributed by atoms with Crippen molar-refractivity contribution in [3.8, 4) is 0 Å². The van der Waals surface area contributed by atoms with Crippen LogP contribution >= 0.6 is 11.6 Å². The van der Waals surface area contributed by atoms with Crippen molar-refractivity contribution in [2.45, 2.75) is 0 Å². The van der Waals surface area contributed by atoms with Crippen molar-refractivity contribution in [1.29, 1.82) is 0 Å². The number of anilines is 1. The highest BCUT2D eigenvalue weighted by Gasteiger charge is 2.24. The molecule has 0 unspecified atom stereocenters. The Morgan fingerprint density at radius 1 is 1.17 bits per heavy atom. The number of pyridine rings is 1. The molecule has 1 aromatic heterocycles. The molecular formula is C14H7ClF4N2O3. The van der Waals surface area contributed by atoms with Crippen LogP contribution in [-0.4, -0.2) is 23.5 Å². The van der Waals surface area contributed by atoms with Gasteiger partial charge in [0.15, 0.2) is 35.0 Å². The molecule has 1 heterocycles. The van der Waals surface area contributed by atoms with E-state index in [0.29, 0.717) is 0 Å². The third-order valence-electron chi connectivity index (χ3n) is 2.69. The molecule has 0 aliphatic rings. The van der Waals surface area contributed by atoms with Crippen LogP contribution in [-0.2, 0) is 9.53 Å². The second-order valence-corrected chi connectivity index (χ2v) is 4.67. The lowest BCUT2D eigenvalue weighted by molar-refractivity contribution is -0.119. The third-order valence-corrected chi connectivity index (χ3v) is 2.99. The summed E-state index contributed by atoms with van der Waals surface area (Å²) in [6.07, 6.45) is 1.37. The lowest BCUT2D eigenvalue weighted by Crippen LogP contribution is -2.22. The molecule has 10 heteroatoms. The lowest BCUT2D eigenvalue weighted by atomic mass is 10.2. The average molecular weight is 363 g/mol. The van der Waals surface area contributed by atoms with Crippen molar-refractivity contribution >= 4 is 29.2 Å². The smallest absolute Gasteiger partial charge is 0.341 e. The number of nitrogens with zero attached hydrogens (tertiary/aromatic N) is 1. The molecule has 0 radical (unpaired) electrons. The highest BCUT2D eigenvalue weighted by Crippen LogP contribution is 2.20. The molecule has 0 aliphatic heterocycles. The van der Waals surface area contributed by atoms with E-state index in [9.17, 15) is 27.2 Å². The van der Waals surface area contributed by atoms with E-state index in [2.05, 4.69) is 15.0 Å². The number of esters is 1. The van der Waals surface area contributed by atoms with Crippen molar-refractivity contribution in [2.24, 2.45) is 0 Å². The van der Waals surface area contributed by atoms with Gasteiger partial charge in [0.05, 0.1) is 5.69 Å². The fourth-order valence-corrected chi connectivity index (χ4v) is 1.76. The van der Waals surface area contributed by atoms with E-state index >= 15 is 0 Å². The van der Waals surface area contributed by atoms with E-state index in [4.69, 9.17) is 11.6 Å². The third kappa shape index (κ3) is 3.80. The Morgan fingerprint density at radius 2 is 1.88 bits per heavy atom. The van der Waals surface area contributed by atoms with Crippen LogP contribution in [0.1, 0.15) is 10.4 Å². The average Bonchev–Trinajstić information content (AvgIpc) is 2.56. The topological polar surface area (TPSA) is 68.3 Å². The zero-order valence-corrected chi connectivity index (χ0v) is 12.3. The Kier molecular flexibility index (Phi) is 5.35. The lowest BCUT2D eigenvalue weighted by Gasteiger charge is -2.08.